The van der Waals surface area contributed by atoms with Gasteiger partial charge in [0.1, 0.15) is 17.9 Å². The Morgan fingerprint density at radius 3 is 3.00 bits per heavy atom. The molecule has 102 valence electrons. The summed E-state index contributed by atoms with van der Waals surface area (Å²) in [5, 5.41) is 16.4. The maximum atomic E-state index is 8.75. The summed E-state index contributed by atoms with van der Waals surface area (Å²) in [6.45, 7) is 0.719. The second-order valence-electron chi connectivity index (χ2n) is 4.75. The first-order valence-electron chi connectivity index (χ1n) is 6.50. The normalized spacial score (nSPS) is 21.6. The molecule has 0 bridgehead atoms. The smallest absolute Gasteiger partial charge is 0.140 e. The van der Waals surface area contributed by atoms with Gasteiger partial charge in [-0.2, -0.15) is 10.4 Å². The maximum absolute atomic E-state index is 8.75. The molecule has 1 fully saturated rings. The second kappa shape index (κ2) is 5.31. The average molecular weight is 269 g/mol. The van der Waals surface area contributed by atoms with E-state index < -0.39 is 0 Å². The lowest BCUT2D eigenvalue weighted by molar-refractivity contribution is 0.101. The van der Waals surface area contributed by atoms with Gasteiger partial charge in [-0.1, -0.05) is 0 Å². The molecule has 20 heavy (non-hydrogen) atoms. The van der Waals surface area contributed by atoms with Crippen molar-refractivity contribution in [3.8, 4) is 6.07 Å². The zero-order valence-electron chi connectivity index (χ0n) is 11.2. The highest BCUT2D eigenvalue weighted by atomic mass is 16.5. The fourth-order valence-corrected chi connectivity index (χ4v) is 2.45. The molecule has 0 radical (unpaired) electrons. The molecule has 1 aliphatic heterocycles. The van der Waals surface area contributed by atoms with Crippen LogP contribution in [0.25, 0.3) is 0 Å². The van der Waals surface area contributed by atoms with Crippen molar-refractivity contribution in [3.05, 3.63) is 42.0 Å². The van der Waals surface area contributed by atoms with Gasteiger partial charge in [-0.3, -0.25) is 4.68 Å². The van der Waals surface area contributed by atoms with Gasteiger partial charge in [-0.05, 0) is 24.6 Å². The van der Waals surface area contributed by atoms with Crippen LogP contribution in [0.15, 0.2) is 30.6 Å². The molecule has 0 amide bonds. The minimum Gasteiger partial charge on any atom is -0.378 e. The number of hydrogen-bond donors (Lipinski definition) is 1. The van der Waals surface area contributed by atoms with Crippen LogP contribution in [0, 0.1) is 11.3 Å². The molecule has 3 rings (SSSR count). The first-order chi connectivity index (χ1) is 9.78. The zero-order chi connectivity index (χ0) is 13.9. The minimum atomic E-state index is -0.0156. The van der Waals surface area contributed by atoms with E-state index in [9.17, 15) is 0 Å². The van der Waals surface area contributed by atoms with E-state index in [0.29, 0.717) is 5.69 Å². The number of rotatable bonds is 3. The Kier molecular flexibility index (Phi) is 3.35. The summed E-state index contributed by atoms with van der Waals surface area (Å²) in [6.07, 6.45) is 4.36. The topological polar surface area (TPSA) is 75.8 Å². The third-order valence-electron chi connectivity index (χ3n) is 3.47. The van der Waals surface area contributed by atoms with Gasteiger partial charge in [0.25, 0.3) is 0 Å². The zero-order valence-corrected chi connectivity index (χ0v) is 11.2. The van der Waals surface area contributed by atoms with Crippen LogP contribution in [0.2, 0.25) is 0 Å². The van der Waals surface area contributed by atoms with E-state index in [-0.39, 0.29) is 12.1 Å². The summed E-state index contributed by atoms with van der Waals surface area (Å²) in [4.78, 5) is 4.06. The number of nitriles is 1. The summed E-state index contributed by atoms with van der Waals surface area (Å²) < 4.78 is 7.65. The molecule has 0 spiro atoms. The van der Waals surface area contributed by atoms with Crippen LogP contribution in [0.4, 0.5) is 5.69 Å². The molecule has 1 saturated heterocycles. The summed E-state index contributed by atoms with van der Waals surface area (Å²) in [6, 6.07) is 7.74. The SMILES string of the molecule is Cn1nccc1[C@H]1OCC[C@@H]1Nc1ccc(C#N)nc1. The first-order valence-corrected chi connectivity index (χ1v) is 6.50. The third-order valence-corrected chi connectivity index (χ3v) is 3.47. The Morgan fingerprint density at radius 1 is 1.45 bits per heavy atom. The molecule has 1 N–H and O–H groups in total. The van der Waals surface area contributed by atoms with Crippen LogP contribution in [-0.4, -0.2) is 27.4 Å². The van der Waals surface area contributed by atoms with Gasteiger partial charge in [0.15, 0.2) is 0 Å². The monoisotopic (exact) mass is 269 g/mol. The lowest BCUT2D eigenvalue weighted by atomic mass is 10.1. The largest absolute Gasteiger partial charge is 0.378 e. The highest BCUT2D eigenvalue weighted by Gasteiger charge is 2.31. The molecule has 6 heteroatoms. The van der Waals surface area contributed by atoms with Crippen molar-refractivity contribution in [2.75, 3.05) is 11.9 Å². The average Bonchev–Trinajstić information content (AvgIpc) is 3.08. The molecule has 0 unspecified atom stereocenters. The highest BCUT2D eigenvalue weighted by Crippen LogP contribution is 2.30. The highest BCUT2D eigenvalue weighted by molar-refractivity contribution is 5.44. The van der Waals surface area contributed by atoms with Crippen molar-refractivity contribution in [3.63, 3.8) is 0 Å². The number of ether oxygens (including phenoxy) is 1. The van der Waals surface area contributed by atoms with E-state index in [0.717, 1.165) is 24.4 Å². The Balaban J connectivity index is 1.76. The number of hydrogen-bond acceptors (Lipinski definition) is 5. The van der Waals surface area contributed by atoms with Gasteiger partial charge in [0.2, 0.25) is 0 Å². The molecule has 2 aromatic heterocycles. The van der Waals surface area contributed by atoms with Gasteiger partial charge >= 0.3 is 0 Å². The molecule has 0 aliphatic carbocycles. The van der Waals surface area contributed by atoms with Crippen molar-refractivity contribution in [1.29, 1.82) is 5.26 Å². The third kappa shape index (κ3) is 2.36. The van der Waals surface area contributed by atoms with E-state index in [1.807, 2.05) is 29.9 Å². The van der Waals surface area contributed by atoms with Gasteiger partial charge in [0, 0.05) is 19.9 Å². The minimum absolute atomic E-state index is 0.0156. The number of nitrogens with one attached hydrogen (secondary N) is 1. The molecule has 2 atom stereocenters. The molecule has 2 aromatic rings. The van der Waals surface area contributed by atoms with Crippen LogP contribution < -0.4 is 5.32 Å². The van der Waals surface area contributed by atoms with Gasteiger partial charge in [-0.15, -0.1) is 0 Å². The molecule has 6 nitrogen and oxygen atoms in total. The number of nitrogens with zero attached hydrogens (tertiary/aromatic N) is 4. The number of aryl methyl sites for hydroxylation is 1. The second-order valence-corrected chi connectivity index (χ2v) is 4.75. The standard InChI is InChI=1S/C14H15N5O/c1-19-13(4-6-17-19)14-12(5-7-20-14)18-11-3-2-10(8-15)16-9-11/h2-4,6,9,12,14,18H,5,7H2,1H3/t12-,14-/m0/s1. The number of anilines is 1. The van der Waals surface area contributed by atoms with E-state index in [1.165, 1.54) is 0 Å². The van der Waals surface area contributed by atoms with Crippen LogP contribution >= 0.6 is 0 Å². The van der Waals surface area contributed by atoms with Gasteiger partial charge in [-0.25, -0.2) is 4.98 Å². The van der Waals surface area contributed by atoms with Crippen molar-refractivity contribution >= 4 is 5.69 Å². The van der Waals surface area contributed by atoms with Crippen LogP contribution in [0.1, 0.15) is 23.9 Å². The van der Waals surface area contributed by atoms with Crippen molar-refractivity contribution in [2.24, 2.45) is 7.05 Å². The van der Waals surface area contributed by atoms with Crippen LogP contribution in [0.5, 0.6) is 0 Å². The molecular weight excluding hydrogens is 254 g/mol. The van der Waals surface area contributed by atoms with Gasteiger partial charge < -0.3 is 10.1 Å². The molecule has 0 aromatic carbocycles. The van der Waals surface area contributed by atoms with E-state index in [1.54, 1.807) is 18.5 Å². The van der Waals surface area contributed by atoms with E-state index >= 15 is 0 Å². The first kappa shape index (κ1) is 12.6. The van der Waals surface area contributed by atoms with Crippen molar-refractivity contribution < 1.29 is 4.74 Å². The Morgan fingerprint density at radius 2 is 2.35 bits per heavy atom. The lowest BCUT2D eigenvalue weighted by Crippen LogP contribution is -2.24. The van der Waals surface area contributed by atoms with Gasteiger partial charge in [0.05, 0.1) is 23.6 Å². The molecule has 1 aliphatic rings. The van der Waals surface area contributed by atoms with Crippen LogP contribution in [-0.2, 0) is 11.8 Å². The summed E-state index contributed by atoms with van der Waals surface area (Å²) in [5.74, 6) is 0. The summed E-state index contributed by atoms with van der Waals surface area (Å²) in [7, 11) is 1.91. The van der Waals surface area contributed by atoms with Crippen molar-refractivity contribution in [2.45, 2.75) is 18.6 Å². The Bertz CT molecular complexity index is 628. The predicted molar refractivity (Wildman–Crippen MR) is 72.9 cm³/mol. The Hall–Kier alpha value is -2.39. The Labute approximate surface area is 117 Å². The molecular formula is C14H15N5O. The summed E-state index contributed by atoms with van der Waals surface area (Å²) in [5.41, 5.74) is 2.37. The van der Waals surface area contributed by atoms with Crippen molar-refractivity contribution in [1.82, 2.24) is 14.8 Å². The fourth-order valence-electron chi connectivity index (χ4n) is 2.45. The quantitative estimate of drug-likeness (QED) is 0.916. The molecule has 3 heterocycles. The number of pyridine rings is 1. The molecule has 0 saturated carbocycles. The predicted octanol–water partition coefficient (Wildman–Crippen LogP) is 1.63. The maximum Gasteiger partial charge on any atom is 0.140 e. The summed E-state index contributed by atoms with van der Waals surface area (Å²) >= 11 is 0. The lowest BCUT2D eigenvalue weighted by Gasteiger charge is -2.20. The van der Waals surface area contributed by atoms with E-state index in [4.69, 9.17) is 10.00 Å². The van der Waals surface area contributed by atoms with E-state index in [2.05, 4.69) is 15.4 Å². The number of aromatic nitrogens is 3. The van der Waals surface area contributed by atoms with Crippen LogP contribution in [0.3, 0.4) is 0 Å². The fraction of sp³-hybridized carbons (Fsp3) is 0.357.